The molecule has 1 aliphatic heterocycles. The number of rotatable bonds is 3. The van der Waals surface area contributed by atoms with Crippen molar-refractivity contribution in [2.24, 2.45) is 0 Å². The van der Waals surface area contributed by atoms with E-state index in [2.05, 4.69) is 35.4 Å². The van der Waals surface area contributed by atoms with Gasteiger partial charge in [0, 0.05) is 19.6 Å². The lowest BCUT2D eigenvalue weighted by atomic mass is 10.0. The van der Waals surface area contributed by atoms with Gasteiger partial charge in [0.25, 0.3) is 0 Å². The summed E-state index contributed by atoms with van der Waals surface area (Å²) in [5.41, 5.74) is 3.44. The highest BCUT2D eigenvalue weighted by Gasteiger charge is 2.19. The Morgan fingerprint density at radius 3 is 2.55 bits per heavy atom. The molecule has 2 heterocycles. The van der Waals surface area contributed by atoms with Gasteiger partial charge in [-0.1, -0.05) is 11.2 Å². The second-order valence-electron chi connectivity index (χ2n) is 4.87. The van der Waals surface area contributed by atoms with Gasteiger partial charge in [0.2, 0.25) is 5.88 Å². The zero-order valence-corrected chi connectivity index (χ0v) is 12.9. The van der Waals surface area contributed by atoms with E-state index < -0.39 is 11.9 Å². The van der Waals surface area contributed by atoms with Crippen molar-refractivity contribution >= 4 is 23.4 Å². The molecule has 0 atom stereocenters. The Labute approximate surface area is 128 Å². The van der Waals surface area contributed by atoms with E-state index in [1.165, 1.54) is 5.57 Å². The Kier molecular flexibility index (Phi) is 6.58. The summed E-state index contributed by atoms with van der Waals surface area (Å²) in [6, 6.07) is 0. The molecule has 8 heteroatoms. The van der Waals surface area contributed by atoms with Gasteiger partial charge in [-0.15, -0.1) is 0 Å². The molecule has 8 nitrogen and oxygen atoms in total. The zero-order valence-electron chi connectivity index (χ0n) is 12.9. The fourth-order valence-electron chi connectivity index (χ4n) is 2.10. The second-order valence-corrected chi connectivity index (χ2v) is 4.87. The number of anilines is 1. The van der Waals surface area contributed by atoms with Crippen LogP contribution in [0.3, 0.4) is 0 Å². The van der Waals surface area contributed by atoms with Crippen molar-refractivity contribution < 1.29 is 24.3 Å². The van der Waals surface area contributed by atoms with Crippen molar-refractivity contribution in [3.05, 3.63) is 17.3 Å². The average molecular weight is 311 g/mol. The third kappa shape index (κ3) is 4.88. The van der Waals surface area contributed by atoms with Crippen LogP contribution in [0.4, 0.5) is 5.88 Å². The van der Waals surface area contributed by atoms with Gasteiger partial charge >= 0.3 is 11.9 Å². The van der Waals surface area contributed by atoms with Crippen LogP contribution in [-0.2, 0) is 9.59 Å². The monoisotopic (exact) mass is 311 g/mol. The molecule has 0 fully saturated rings. The summed E-state index contributed by atoms with van der Waals surface area (Å²) in [4.78, 5) is 20.5. The van der Waals surface area contributed by atoms with E-state index in [1.807, 2.05) is 6.92 Å². The van der Waals surface area contributed by atoms with E-state index in [0.717, 1.165) is 43.2 Å². The third-order valence-corrected chi connectivity index (χ3v) is 3.05. The van der Waals surface area contributed by atoms with Crippen molar-refractivity contribution in [2.75, 3.05) is 32.0 Å². The number of nitrogens with zero attached hydrogens (tertiary/aromatic N) is 2. The fourth-order valence-corrected chi connectivity index (χ4v) is 2.10. The molecule has 0 spiro atoms. The Bertz CT molecular complexity index is 553. The van der Waals surface area contributed by atoms with Gasteiger partial charge < -0.3 is 25.0 Å². The molecule has 1 aromatic rings. The summed E-state index contributed by atoms with van der Waals surface area (Å²) in [6.45, 7) is 7.01. The topological polar surface area (TPSA) is 116 Å². The smallest absolute Gasteiger partial charge is 0.414 e. The summed E-state index contributed by atoms with van der Waals surface area (Å²) in [5, 5.41) is 22.0. The van der Waals surface area contributed by atoms with Crippen molar-refractivity contribution in [1.82, 2.24) is 10.1 Å². The van der Waals surface area contributed by atoms with Crippen LogP contribution in [0.2, 0.25) is 0 Å². The maximum atomic E-state index is 9.10. The number of aliphatic carboxylic acids is 2. The van der Waals surface area contributed by atoms with E-state index in [4.69, 9.17) is 24.3 Å². The number of aromatic nitrogens is 1. The normalized spacial score (nSPS) is 14.6. The fraction of sp³-hybridized carbons (Fsp3) is 0.500. The van der Waals surface area contributed by atoms with Crippen LogP contribution in [0.15, 0.2) is 10.6 Å². The molecule has 0 unspecified atom stereocenters. The van der Waals surface area contributed by atoms with E-state index in [0.29, 0.717) is 0 Å². The van der Waals surface area contributed by atoms with Crippen LogP contribution in [0.25, 0.3) is 5.57 Å². The van der Waals surface area contributed by atoms with E-state index in [-0.39, 0.29) is 0 Å². The van der Waals surface area contributed by atoms with E-state index in [9.17, 15) is 0 Å². The molecular formula is C14H21N3O5. The second kappa shape index (κ2) is 8.18. The number of carboxylic acid groups (broad SMARTS) is 2. The van der Waals surface area contributed by atoms with E-state index >= 15 is 0 Å². The SMILES string of the molecule is CCNc1onc(C)c1C1=CCCN(C)C1.O=C(O)C(=O)O. The highest BCUT2D eigenvalue weighted by atomic mass is 16.5. The van der Waals surface area contributed by atoms with Crippen molar-refractivity contribution in [3.63, 3.8) is 0 Å². The number of carbonyl (C=O) groups is 2. The molecule has 122 valence electrons. The molecule has 0 radical (unpaired) electrons. The standard InChI is InChI=1S/C12H19N3O.C2H2O4/c1-4-13-12-11(9(2)14-16-12)10-6-5-7-15(3)8-10;3-1(4)2(5)6/h6,13H,4-5,7-8H2,1-3H3;(H,3,4)(H,5,6). The van der Waals surface area contributed by atoms with Crippen LogP contribution in [0, 0.1) is 6.92 Å². The first kappa shape index (κ1) is 17.7. The van der Waals surface area contributed by atoms with Crippen LogP contribution in [-0.4, -0.2) is 58.9 Å². The molecule has 1 aromatic heterocycles. The van der Waals surface area contributed by atoms with Gasteiger partial charge in [-0.25, -0.2) is 9.59 Å². The minimum atomic E-state index is -1.82. The van der Waals surface area contributed by atoms with Crippen molar-refractivity contribution in [2.45, 2.75) is 20.3 Å². The third-order valence-electron chi connectivity index (χ3n) is 3.05. The van der Waals surface area contributed by atoms with Gasteiger partial charge in [-0.2, -0.15) is 0 Å². The first-order valence-corrected chi connectivity index (χ1v) is 6.91. The molecule has 22 heavy (non-hydrogen) atoms. The Balaban J connectivity index is 0.000000346. The molecular weight excluding hydrogens is 290 g/mol. The van der Waals surface area contributed by atoms with Gasteiger partial charge in [0.05, 0.1) is 11.3 Å². The maximum Gasteiger partial charge on any atom is 0.414 e. The van der Waals surface area contributed by atoms with Gasteiger partial charge in [-0.3, -0.25) is 0 Å². The Morgan fingerprint density at radius 2 is 2.05 bits per heavy atom. The Morgan fingerprint density at radius 1 is 1.41 bits per heavy atom. The molecule has 0 bridgehead atoms. The van der Waals surface area contributed by atoms with Crippen LogP contribution in [0.5, 0.6) is 0 Å². The Hall–Kier alpha value is -2.35. The molecule has 0 saturated carbocycles. The lowest BCUT2D eigenvalue weighted by Gasteiger charge is -2.22. The van der Waals surface area contributed by atoms with Gasteiger partial charge in [0.1, 0.15) is 0 Å². The lowest BCUT2D eigenvalue weighted by molar-refractivity contribution is -0.159. The molecule has 0 amide bonds. The molecule has 0 aliphatic carbocycles. The molecule has 3 N–H and O–H groups in total. The minimum absolute atomic E-state index is 0.807. The molecule has 1 aliphatic rings. The van der Waals surface area contributed by atoms with E-state index in [1.54, 1.807) is 0 Å². The number of likely N-dealkylation sites (N-methyl/N-ethyl adjacent to an activating group) is 1. The number of carboxylic acids is 2. The highest BCUT2D eigenvalue weighted by molar-refractivity contribution is 6.27. The van der Waals surface area contributed by atoms with Crippen molar-refractivity contribution in [1.29, 1.82) is 0 Å². The number of hydrogen-bond donors (Lipinski definition) is 3. The van der Waals surface area contributed by atoms with Gasteiger partial charge in [0.15, 0.2) is 0 Å². The molecule has 0 aromatic carbocycles. The summed E-state index contributed by atoms with van der Waals surface area (Å²) in [5.74, 6) is -2.84. The summed E-state index contributed by atoms with van der Waals surface area (Å²) < 4.78 is 5.30. The first-order valence-electron chi connectivity index (χ1n) is 6.91. The lowest BCUT2D eigenvalue weighted by Crippen LogP contribution is -2.25. The summed E-state index contributed by atoms with van der Waals surface area (Å²) >= 11 is 0. The predicted molar refractivity (Wildman–Crippen MR) is 80.8 cm³/mol. The minimum Gasteiger partial charge on any atom is -0.473 e. The molecule has 2 rings (SSSR count). The number of aryl methyl sites for hydroxylation is 1. The van der Waals surface area contributed by atoms with Gasteiger partial charge in [-0.05, 0) is 32.9 Å². The van der Waals surface area contributed by atoms with Crippen LogP contribution < -0.4 is 5.32 Å². The zero-order chi connectivity index (χ0) is 16.7. The largest absolute Gasteiger partial charge is 0.473 e. The summed E-state index contributed by atoms with van der Waals surface area (Å²) in [7, 11) is 2.14. The predicted octanol–water partition coefficient (Wildman–Crippen LogP) is 1.29. The quantitative estimate of drug-likeness (QED) is 0.715. The van der Waals surface area contributed by atoms with Crippen molar-refractivity contribution in [3.8, 4) is 0 Å². The number of nitrogens with one attached hydrogen (secondary N) is 1. The molecule has 0 saturated heterocycles. The number of hydrogen-bond acceptors (Lipinski definition) is 6. The van der Waals surface area contributed by atoms with Crippen LogP contribution >= 0.6 is 0 Å². The first-order chi connectivity index (χ1) is 10.4. The summed E-state index contributed by atoms with van der Waals surface area (Å²) in [6.07, 6.45) is 3.39. The maximum absolute atomic E-state index is 9.10. The average Bonchev–Trinajstić information content (AvgIpc) is 2.81. The highest BCUT2D eigenvalue weighted by Crippen LogP contribution is 2.29. The van der Waals surface area contributed by atoms with Crippen LogP contribution in [0.1, 0.15) is 24.6 Å².